The zero-order valence-corrected chi connectivity index (χ0v) is 15.7. The molecule has 3 aromatic rings. The SMILES string of the molecule is O=C(O)Cc1c2c(n3ccccc13)CC(NS(=O)(=O)c1ccc(F)cc1)CC2. The molecule has 1 aliphatic rings. The smallest absolute Gasteiger partial charge is 0.307 e. The molecule has 1 aromatic carbocycles. The fourth-order valence-corrected chi connectivity index (χ4v) is 5.19. The average Bonchev–Trinajstić information content (AvgIpc) is 2.95. The lowest BCUT2D eigenvalue weighted by atomic mass is 9.90. The molecule has 1 atom stereocenters. The van der Waals surface area contributed by atoms with Gasteiger partial charge in [0, 0.05) is 29.9 Å². The summed E-state index contributed by atoms with van der Waals surface area (Å²) in [6.07, 6.45) is 3.43. The molecular weight excluding hydrogens is 383 g/mol. The molecule has 0 aliphatic heterocycles. The van der Waals surface area contributed by atoms with E-state index in [0.29, 0.717) is 19.3 Å². The Morgan fingerprint density at radius 2 is 1.96 bits per heavy atom. The largest absolute Gasteiger partial charge is 0.481 e. The molecule has 0 spiro atoms. The highest BCUT2D eigenvalue weighted by Gasteiger charge is 2.29. The Hall–Kier alpha value is -2.71. The molecule has 1 unspecified atom stereocenters. The number of aromatic nitrogens is 1. The lowest BCUT2D eigenvalue weighted by molar-refractivity contribution is -0.136. The van der Waals surface area contributed by atoms with Gasteiger partial charge in [0.05, 0.1) is 11.3 Å². The minimum Gasteiger partial charge on any atom is -0.481 e. The molecule has 2 aromatic heterocycles. The van der Waals surface area contributed by atoms with E-state index in [1.807, 2.05) is 28.8 Å². The van der Waals surface area contributed by atoms with Gasteiger partial charge in [-0.2, -0.15) is 0 Å². The average molecular weight is 402 g/mol. The predicted octanol–water partition coefficient (Wildman–Crippen LogP) is 2.54. The van der Waals surface area contributed by atoms with E-state index in [9.17, 15) is 22.7 Å². The number of pyridine rings is 1. The van der Waals surface area contributed by atoms with Gasteiger partial charge in [0.25, 0.3) is 0 Å². The van der Waals surface area contributed by atoms with Gasteiger partial charge in [-0.3, -0.25) is 4.79 Å². The first-order chi connectivity index (χ1) is 13.3. The van der Waals surface area contributed by atoms with Gasteiger partial charge in [0.1, 0.15) is 5.82 Å². The molecule has 0 fully saturated rings. The molecule has 0 amide bonds. The van der Waals surface area contributed by atoms with Crippen LogP contribution in [0.4, 0.5) is 4.39 Å². The second kappa shape index (κ2) is 7.03. The first kappa shape index (κ1) is 18.6. The first-order valence-corrected chi connectivity index (χ1v) is 10.4. The van der Waals surface area contributed by atoms with Crippen LogP contribution in [0.25, 0.3) is 5.52 Å². The number of halogens is 1. The number of sulfonamides is 1. The van der Waals surface area contributed by atoms with Crippen LogP contribution in [0.3, 0.4) is 0 Å². The molecule has 8 heteroatoms. The summed E-state index contributed by atoms with van der Waals surface area (Å²) in [5.41, 5.74) is 3.57. The van der Waals surface area contributed by atoms with Crippen LogP contribution in [0, 0.1) is 5.82 Å². The maximum absolute atomic E-state index is 13.1. The van der Waals surface area contributed by atoms with Crippen LogP contribution in [-0.4, -0.2) is 29.9 Å². The second-order valence-electron chi connectivity index (χ2n) is 6.95. The Labute approximate surface area is 161 Å². The van der Waals surface area contributed by atoms with Crippen LogP contribution in [-0.2, 0) is 34.1 Å². The number of nitrogens with zero attached hydrogens (tertiary/aromatic N) is 1. The van der Waals surface area contributed by atoms with E-state index < -0.39 is 21.8 Å². The highest BCUT2D eigenvalue weighted by Crippen LogP contribution is 2.31. The lowest BCUT2D eigenvalue weighted by Gasteiger charge is -2.24. The van der Waals surface area contributed by atoms with Crippen LogP contribution in [0.1, 0.15) is 23.2 Å². The molecule has 4 rings (SSSR count). The molecular formula is C20H19FN2O4S. The summed E-state index contributed by atoms with van der Waals surface area (Å²) in [5.74, 6) is -1.38. The number of rotatable bonds is 5. The van der Waals surface area contributed by atoms with Crippen LogP contribution in [0.5, 0.6) is 0 Å². The number of carbonyl (C=O) groups is 1. The van der Waals surface area contributed by atoms with Crippen molar-refractivity contribution >= 4 is 21.5 Å². The number of benzene rings is 1. The van der Waals surface area contributed by atoms with Crippen molar-refractivity contribution in [3.8, 4) is 0 Å². The maximum atomic E-state index is 13.1. The van der Waals surface area contributed by atoms with Crippen LogP contribution in [0.15, 0.2) is 53.6 Å². The lowest BCUT2D eigenvalue weighted by Crippen LogP contribution is -2.39. The number of hydrogen-bond acceptors (Lipinski definition) is 3. The van der Waals surface area contributed by atoms with E-state index in [-0.39, 0.29) is 17.4 Å². The van der Waals surface area contributed by atoms with Crippen molar-refractivity contribution in [2.45, 2.75) is 36.6 Å². The quantitative estimate of drug-likeness (QED) is 0.687. The van der Waals surface area contributed by atoms with Crippen molar-refractivity contribution < 1.29 is 22.7 Å². The van der Waals surface area contributed by atoms with Gasteiger partial charge in [-0.25, -0.2) is 17.5 Å². The van der Waals surface area contributed by atoms with E-state index in [2.05, 4.69) is 4.72 Å². The Balaban J connectivity index is 1.65. The Morgan fingerprint density at radius 3 is 2.68 bits per heavy atom. The van der Waals surface area contributed by atoms with Crippen molar-refractivity contribution in [2.75, 3.05) is 0 Å². The first-order valence-electron chi connectivity index (χ1n) is 8.94. The van der Waals surface area contributed by atoms with E-state index in [0.717, 1.165) is 34.5 Å². The zero-order chi connectivity index (χ0) is 19.9. The summed E-state index contributed by atoms with van der Waals surface area (Å²) in [6, 6.07) is 10.0. The molecule has 1 aliphatic carbocycles. The molecule has 28 heavy (non-hydrogen) atoms. The van der Waals surface area contributed by atoms with E-state index in [1.54, 1.807) is 0 Å². The normalized spacial score (nSPS) is 16.8. The highest BCUT2D eigenvalue weighted by molar-refractivity contribution is 7.89. The fraction of sp³-hybridized carbons (Fsp3) is 0.250. The minimum atomic E-state index is -3.76. The van der Waals surface area contributed by atoms with Gasteiger partial charge in [0.15, 0.2) is 0 Å². The van der Waals surface area contributed by atoms with Gasteiger partial charge in [-0.1, -0.05) is 6.07 Å². The Morgan fingerprint density at radius 1 is 1.21 bits per heavy atom. The zero-order valence-electron chi connectivity index (χ0n) is 14.9. The van der Waals surface area contributed by atoms with Crippen LogP contribution >= 0.6 is 0 Å². The van der Waals surface area contributed by atoms with Gasteiger partial charge in [-0.05, 0) is 60.4 Å². The second-order valence-corrected chi connectivity index (χ2v) is 8.66. The summed E-state index contributed by atoms with van der Waals surface area (Å²) in [7, 11) is -3.76. The van der Waals surface area contributed by atoms with Gasteiger partial charge < -0.3 is 9.51 Å². The molecule has 0 bridgehead atoms. The monoisotopic (exact) mass is 402 g/mol. The maximum Gasteiger partial charge on any atom is 0.307 e. The molecule has 0 radical (unpaired) electrons. The number of carboxylic acids is 1. The molecule has 6 nitrogen and oxygen atoms in total. The van der Waals surface area contributed by atoms with Gasteiger partial charge >= 0.3 is 5.97 Å². The summed E-state index contributed by atoms with van der Waals surface area (Å²) >= 11 is 0. The van der Waals surface area contributed by atoms with E-state index in [1.165, 1.54) is 12.1 Å². The standard InChI is InChI=1S/C20H19FN2O4S/c21-13-4-7-15(8-5-13)28(26,27)22-14-6-9-16-17(12-20(24)25)18-3-1-2-10-23(18)19(16)11-14/h1-5,7-8,10,14,22H,6,9,11-12H2,(H,24,25). The predicted molar refractivity (Wildman–Crippen MR) is 101 cm³/mol. The summed E-state index contributed by atoms with van der Waals surface area (Å²) in [6.45, 7) is 0. The highest BCUT2D eigenvalue weighted by atomic mass is 32.2. The number of nitrogens with one attached hydrogen (secondary N) is 1. The number of aliphatic carboxylic acids is 1. The van der Waals surface area contributed by atoms with Crippen molar-refractivity contribution in [1.82, 2.24) is 9.12 Å². The molecule has 146 valence electrons. The Kier molecular flexibility index (Phi) is 4.68. The van der Waals surface area contributed by atoms with Crippen molar-refractivity contribution in [1.29, 1.82) is 0 Å². The number of hydrogen-bond donors (Lipinski definition) is 2. The van der Waals surface area contributed by atoms with Gasteiger partial charge in [-0.15, -0.1) is 0 Å². The summed E-state index contributed by atoms with van der Waals surface area (Å²) in [5, 5.41) is 9.27. The van der Waals surface area contributed by atoms with Gasteiger partial charge in [0.2, 0.25) is 10.0 Å². The molecule has 2 heterocycles. The van der Waals surface area contributed by atoms with Crippen molar-refractivity contribution in [3.05, 3.63) is 71.3 Å². The summed E-state index contributed by atoms with van der Waals surface area (Å²) in [4.78, 5) is 11.3. The minimum absolute atomic E-state index is 0.0197. The third kappa shape index (κ3) is 3.41. The molecule has 0 saturated heterocycles. The van der Waals surface area contributed by atoms with Crippen molar-refractivity contribution in [2.24, 2.45) is 0 Å². The van der Waals surface area contributed by atoms with E-state index >= 15 is 0 Å². The summed E-state index contributed by atoms with van der Waals surface area (Å²) < 4.78 is 43.0. The topological polar surface area (TPSA) is 87.9 Å². The van der Waals surface area contributed by atoms with Crippen LogP contribution < -0.4 is 4.72 Å². The van der Waals surface area contributed by atoms with Crippen LogP contribution in [0.2, 0.25) is 0 Å². The third-order valence-electron chi connectivity index (χ3n) is 5.13. The Bertz CT molecular complexity index is 1150. The number of fused-ring (bicyclic) bond motifs is 3. The van der Waals surface area contributed by atoms with Crippen molar-refractivity contribution in [3.63, 3.8) is 0 Å². The van der Waals surface area contributed by atoms with E-state index in [4.69, 9.17) is 0 Å². The molecule has 2 N–H and O–H groups in total. The third-order valence-corrected chi connectivity index (χ3v) is 6.67. The number of carboxylic acid groups (broad SMARTS) is 1. The fourth-order valence-electron chi connectivity index (χ4n) is 3.92. The molecule has 0 saturated carbocycles.